The number of ether oxygens (including phenoxy) is 1. The monoisotopic (exact) mass is 465 g/mol. The van der Waals surface area contributed by atoms with Gasteiger partial charge in [0.15, 0.2) is 11.6 Å². The number of hydrogen-bond donors (Lipinski definition) is 3. The third kappa shape index (κ3) is 5.40. The highest BCUT2D eigenvalue weighted by molar-refractivity contribution is 7.90. The van der Waals surface area contributed by atoms with E-state index in [1.165, 1.54) is 26.4 Å². The summed E-state index contributed by atoms with van der Waals surface area (Å²) in [5, 5.41) is 3.34. The first-order valence-corrected chi connectivity index (χ1v) is 11.0. The van der Waals surface area contributed by atoms with E-state index >= 15 is 0 Å². The van der Waals surface area contributed by atoms with Crippen molar-refractivity contribution >= 4 is 39.0 Å². The van der Waals surface area contributed by atoms with Crippen molar-refractivity contribution in [2.75, 3.05) is 24.2 Å². The maximum Gasteiger partial charge on any atom is 0.300 e. The summed E-state index contributed by atoms with van der Waals surface area (Å²) in [7, 11) is -1.04. The van der Waals surface area contributed by atoms with E-state index in [4.69, 9.17) is 16.3 Å². The maximum atomic E-state index is 14.2. The first-order valence-electron chi connectivity index (χ1n) is 9.12. The lowest BCUT2D eigenvalue weighted by atomic mass is 10.0. The van der Waals surface area contributed by atoms with Crippen molar-refractivity contribution in [2.45, 2.75) is 13.3 Å². The average molecular weight is 466 g/mol. The number of nitrogens with zero attached hydrogens (tertiary/aromatic N) is 2. The molecule has 8 nitrogen and oxygen atoms in total. The molecule has 2 aromatic heterocycles. The van der Waals surface area contributed by atoms with Gasteiger partial charge >= 0.3 is 0 Å². The molecule has 0 saturated heterocycles. The fraction of sp³-hybridized carbons (Fsp3) is 0.200. The van der Waals surface area contributed by atoms with Crippen molar-refractivity contribution in [1.29, 1.82) is 0 Å². The normalized spacial score (nSPS) is 11.3. The lowest BCUT2D eigenvalue weighted by Crippen LogP contribution is -2.27. The number of nitrogens with one attached hydrogen (secondary N) is 3. The molecule has 3 aromatic rings. The third-order valence-corrected chi connectivity index (χ3v) is 5.83. The Balaban J connectivity index is 1.92. The molecule has 0 saturated carbocycles. The Morgan fingerprint density at radius 3 is 2.61 bits per heavy atom. The molecule has 0 spiro atoms. The van der Waals surface area contributed by atoms with Gasteiger partial charge in [0, 0.05) is 36.4 Å². The van der Waals surface area contributed by atoms with E-state index in [0.717, 1.165) is 11.1 Å². The summed E-state index contributed by atoms with van der Waals surface area (Å²) < 4.78 is 47.8. The Bertz CT molecular complexity index is 1210. The van der Waals surface area contributed by atoms with Crippen LogP contribution in [-0.4, -0.2) is 32.5 Å². The molecule has 3 N–H and O–H groups in total. The minimum Gasteiger partial charge on any atom is -0.493 e. The summed E-state index contributed by atoms with van der Waals surface area (Å²) >= 11 is 5.81. The van der Waals surface area contributed by atoms with Crippen LogP contribution in [0.4, 0.5) is 21.6 Å². The highest BCUT2D eigenvalue weighted by Gasteiger charge is 2.17. The van der Waals surface area contributed by atoms with Crippen LogP contribution in [0.3, 0.4) is 0 Å². The Kier molecular flexibility index (Phi) is 6.94. The standard InChI is InChI=1S/C20H21ClFN5O3S/c1-12-14(10-24-11-18(12)26-17-5-4-15(21)9-16(17)22)8-13-6-7-25-20(19(13)30-3)27-31(28,29)23-2/h4-7,9-11,23,26H,8H2,1-3H3,(H,25,27). The van der Waals surface area contributed by atoms with Crippen molar-refractivity contribution in [3.63, 3.8) is 0 Å². The number of rotatable bonds is 8. The lowest BCUT2D eigenvalue weighted by Gasteiger charge is -2.16. The van der Waals surface area contributed by atoms with Crippen molar-refractivity contribution in [2.24, 2.45) is 0 Å². The molecule has 0 bridgehead atoms. The smallest absolute Gasteiger partial charge is 0.300 e. The number of hydrogen-bond acceptors (Lipinski definition) is 6. The van der Waals surface area contributed by atoms with Gasteiger partial charge in [-0.3, -0.25) is 9.71 Å². The molecular formula is C20H21ClFN5O3S. The van der Waals surface area contributed by atoms with Crippen LogP contribution in [0.5, 0.6) is 5.75 Å². The highest BCUT2D eigenvalue weighted by Crippen LogP contribution is 2.31. The van der Waals surface area contributed by atoms with E-state index in [1.54, 1.807) is 30.6 Å². The number of anilines is 3. The van der Waals surface area contributed by atoms with E-state index in [2.05, 4.69) is 24.7 Å². The maximum absolute atomic E-state index is 14.2. The highest BCUT2D eigenvalue weighted by atomic mass is 35.5. The summed E-state index contributed by atoms with van der Waals surface area (Å²) in [4.78, 5) is 8.31. The predicted molar refractivity (Wildman–Crippen MR) is 119 cm³/mol. The number of methoxy groups -OCH3 is 1. The van der Waals surface area contributed by atoms with Crippen LogP contribution in [0.1, 0.15) is 16.7 Å². The fourth-order valence-corrected chi connectivity index (χ4v) is 3.58. The molecule has 0 aliphatic rings. The quantitative estimate of drug-likeness (QED) is 0.467. The van der Waals surface area contributed by atoms with E-state index in [1.807, 2.05) is 6.92 Å². The zero-order valence-corrected chi connectivity index (χ0v) is 18.6. The van der Waals surface area contributed by atoms with Crippen molar-refractivity contribution in [3.8, 4) is 5.75 Å². The number of pyridine rings is 2. The minimum absolute atomic E-state index is 0.0671. The van der Waals surface area contributed by atoms with E-state index in [9.17, 15) is 12.8 Å². The van der Waals surface area contributed by atoms with E-state index in [0.29, 0.717) is 28.4 Å². The first-order chi connectivity index (χ1) is 14.7. The van der Waals surface area contributed by atoms with Gasteiger partial charge in [-0.15, -0.1) is 0 Å². The molecule has 0 aliphatic carbocycles. The van der Waals surface area contributed by atoms with Crippen LogP contribution in [0.15, 0.2) is 42.9 Å². The zero-order valence-electron chi connectivity index (χ0n) is 17.0. The molecule has 164 valence electrons. The van der Waals surface area contributed by atoms with Crippen LogP contribution >= 0.6 is 11.6 Å². The molecule has 1 aromatic carbocycles. The lowest BCUT2D eigenvalue weighted by molar-refractivity contribution is 0.411. The second kappa shape index (κ2) is 9.46. The molecule has 0 radical (unpaired) electrons. The molecule has 0 fully saturated rings. The van der Waals surface area contributed by atoms with Gasteiger partial charge in [0.2, 0.25) is 0 Å². The van der Waals surface area contributed by atoms with Crippen LogP contribution in [0, 0.1) is 12.7 Å². The summed E-state index contributed by atoms with van der Waals surface area (Å²) in [6.07, 6.45) is 5.16. The average Bonchev–Trinajstić information content (AvgIpc) is 2.73. The van der Waals surface area contributed by atoms with Gasteiger partial charge in [0.05, 0.1) is 24.7 Å². The first kappa shape index (κ1) is 22.7. The van der Waals surface area contributed by atoms with E-state index < -0.39 is 16.0 Å². The summed E-state index contributed by atoms with van der Waals surface area (Å²) in [6, 6.07) is 6.10. The Morgan fingerprint density at radius 2 is 1.94 bits per heavy atom. The Morgan fingerprint density at radius 1 is 1.16 bits per heavy atom. The van der Waals surface area contributed by atoms with Crippen molar-refractivity contribution < 1.29 is 17.5 Å². The van der Waals surface area contributed by atoms with Gasteiger partial charge in [-0.05, 0) is 42.3 Å². The predicted octanol–water partition coefficient (Wildman–Crippen LogP) is 3.80. The number of aromatic nitrogens is 2. The molecule has 31 heavy (non-hydrogen) atoms. The topological polar surface area (TPSA) is 105 Å². The van der Waals surface area contributed by atoms with Gasteiger partial charge < -0.3 is 10.1 Å². The van der Waals surface area contributed by atoms with Crippen LogP contribution in [0.25, 0.3) is 0 Å². The molecular weight excluding hydrogens is 445 g/mol. The Labute approximate surface area is 185 Å². The molecule has 3 rings (SSSR count). The van der Waals surface area contributed by atoms with Gasteiger partial charge in [0.25, 0.3) is 10.2 Å². The second-order valence-corrected chi connectivity index (χ2v) is 8.61. The second-order valence-electron chi connectivity index (χ2n) is 6.56. The van der Waals surface area contributed by atoms with Crippen LogP contribution < -0.4 is 19.5 Å². The third-order valence-electron chi connectivity index (χ3n) is 4.59. The Hall–Kier alpha value is -2.95. The molecule has 0 aliphatic heterocycles. The fourth-order valence-electron chi connectivity index (χ4n) is 2.92. The van der Waals surface area contributed by atoms with Crippen LogP contribution in [-0.2, 0) is 16.6 Å². The summed E-state index contributed by atoms with van der Waals surface area (Å²) in [5.74, 6) is -0.116. The largest absolute Gasteiger partial charge is 0.493 e. The molecule has 0 unspecified atom stereocenters. The van der Waals surface area contributed by atoms with Crippen molar-refractivity contribution in [1.82, 2.24) is 14.7 Å². The van der Waals surface area contributed by atoms with Gasteiger partial charge in [0.1, 0.15) is 5.82 Å². The van der Waals surface area contributed by atoms with E-state index in [-0.39, 0.29) is 11.5 Å². The van der Waals surface area contributed by atoms with Crippen molar-refractivity contribution in [3.05, 3.63) is 70.4 Å². The molecule has 11 heteroatoms. The summed E-state index contributed by atoms with van der Waals surface area (Å²) in [6.45, 7) is 1.88. The number of benzene rings is 1. The zero-order chi connectivity index (χ0) is 22.6. The SMILES string of the molecule is CNS(=O)(=O)Nc1nccc(Cc2cncc(Nc3ccc(Cl)cc3F)c2C)c1OC. The minimum atomic E-state index is -3.76. The number of halogens is 2. The molecule has 0 atom stereocenters. The van der Waals surface area contributed by atoms with Gasteiger partial charge in [-0.25, -0.2) is 14.1 Å². The van der Waals surface area contributed by atoms with Crippen LogP contribution in [0.2, 0.25) is 5.02 Å². The molecule has 0 amide bonds. The summed E-state index contributed by atoms with van der Waals surface area (Å²) in [5.41, 5.74) is 3.29. The van der Waals surface area contributed by atoms with Gasteiger partial charge in [-0.1, -0.05) is 11.6 Å². The van der Waals surface area contributed by atoms with Gasteiger partial charge in [-0.2, -0.15) is 8.42 Å². The molecule has 2 heterocycles.